The van der Waals surface area contributed by atoms with E-state index in [0.29, 0.717) is 30.3 Å². The van der Waals surface area contributed by atoms with Gasteiger partial charge in [0.25, 0.3) is 5.91 Å². The summed E-state index contributed by atoms with van der Waals surface area (Å²) < 4.78 is 11.1. The second kappa shape index (κ2) is 7.81. The Balaban J connectivity index is 1.75. The molecular formula is C19H22N2O3. The fraction of sp³-hybridized carbons (Fsp3) is 0.368. The molecule has 0 fully saturated rings. The first-order valence-corrected chi connectivity index (χ1v) is 8.38. The van der Waals surface area contributed by atoms with Crippen LogP contribution in [0.3, 0.4) is 0 Å². The lowest BCUT2D eigenvalue weighted by atomic mass is 10.0. The highest BCUT2D eigenvalue weighted by Gasteiger charge is 2.18. The molecule has 0 saturated carbocycles. The first kappa shape index (κ1) is 16.3. The van der Waals surface area contributed by atoms with Crippen molar-refractivity contribution < 1.29 is 14.3 Å². The van der Waals surface area contributed by atoms with Crippen molar-refractivity contribution in [1.82, 2.24) is 10.3 Å². The van der Waals surface area contributed by atoms with E-state index < -0.39 is 0 Å². The van der Waals surface area contributed by atoms with Crippen LogP contribution in [-0.4, -0.2) is 24.1 Å². The number of nitrogens with one attached hydrogen (secondary N) is 1. The van der Waals surface area contributed by atoms with Gasteiger partial charge in [0, 0.05) is 18.0 Å². The SMILES string of the molecule is CCCC[C@H](NC(=O)c1ccc2c(c1)OCCO2)c1cccnc1. The number of carbonyl (C=O) groups is 1. The minimum absolute atomic E-state index is 0.0423. The first-order chi connectivity index (χ1) is 11.8. The van der Waals surface area contributed by atoms with Crippen molar-refractivity contribution in [3.05, 3.63) is 53.9 Å². The highest BCUT2D eigenvalue weighted by Crippen LogP contribution is 2.31. The fourth-order valence-corrected chi connectivity index (χ4v) is 2.74. The normalized spacial score (nSPS) is 14.0. The Morgan fingerprint density at radius 1 is 1.25 bits per heavy atom. The molecule has 5 nitrogen and oxygen atoms in total. The summed E-state index contributed by atoms with van der Waals surface area (Å²) in [7, 11) is 0. The van der Waals surface area contributed by atoms with E-state index in [0.717, 1.165) is 24.8 Å². The summed E-state index contributed by atoms with van der Waals surface area (Å²) in [6.07, 6.45) is 6.56. The minimum Gasteiger partial charge on any atom is -0.486 e. The zero-order valence-corrected chi connectivity index (χ0v) is 13.8. The highest BCUT2D eigenvalue weighted by molar-refractivity contribution is 5.95. The van der Waals surface area contributed by atoms with Crippen LogP contribution >= 0.6 is 0 Å². The van der Waals surface area contributed by atoms with Crippen molar-refractivity contribution in [3.8, 4) is 11.5 Å². The maximum atomic E-state index is 12.6. The number of hydrogen-bond donors (Lipinski definition) is 1. The predicted molar refractivity (Wildman–Crippen MR) is 91.4 cm³/mol. The van der Waals surface area contributed by atoms with Crippen LogP contribution in [-0.2, 0) is 0 Å². The predicted octanol–water partition coefficient (Wildman–Crippen LogP) is 3.51. The molecule has 1 aromatic carbocycles. The topological polar surface area (TPSA) is 60.5 Å². The lowest BCUT2D eigenvalue weighted by Crippen LogP contribution is -2.29. The lowest BCUT2D eigenvalue weighted by Gasteiger charge is -2.21. The number of nitrogens with zero attached hydrogens (tertiary/aromatic N) is 1. The van der Waals surface area contributed by atoms with Gasteiger partial charge in [0.05, 0.1) is 6.04 Å². The van der Waals surface area contributed by atoms with Crippen molar-refractivity contribution in [2.45, 2.75) is 32.2 Å². The van der Waals surface area contributed by atoms with Gasteiger partial charge in [0.15, 0.2) is 11.5 Å². The van der Waals surface area contributed by atoms with Gasteiger partial charge in [0.1, 0.15) is 13.2 Å². The Morgan fingerprint density at radius 2 is 2.08 bits per heavy atom. The molecule has 126 valence electrons. The monoisotopic (exact) mass is 326 g/mol. The molecule has 0 spiro atoms. The van der Waals surface area contributed by atoms with E-state index in [9.17, 15) is 4.79 Å². The third-order valence-corrected chi connectivity index (χ3v) is 4.04. The number of unbranched alkanes of at least 4 members (excludes halogenated alkanes) is 1. The number of ether oxygens (including phenoxy) is 2. The van der Waals surface area contributed by atoms with Crippen LogP contribution in [0.5, 0.6) is 11.5 Å². The van der Waals surface area contributed by atoms with E-state index in [4.69, 9.17) is 9.47 Å². The van der Waals surface area contributed by atoms with E-state index in [1.807, 2.05) is 18.3 Å². The highest BCUT2D eigenvalue weighted by atomic mass is 16.6. The maximum absolute atomic E-state index is 12.6. The average Bonchev–Trinajstić information content (AvgIpc) is 2.65. The van der Waals surface area contributed by atoms with Crippen LogP contribution in [0.25, 0.3) is 0 Å². The smallest absolute Gasteiger partial charge is 0.251 e. The van der Waals surface area contributed by atoms with Gasteiger partial charge in [-0.15, -0.1) is 0 Å². The summed E-state index contributed by atoms with van der Waals surface area (Å²) in [5, 5.41) is 3.12. The fourth-order valence-electron chi connectivity index (χ4n) is 2.74. The molecule has 1 N–H and O–H groups in total. The quantitative estimate of drug-likeness (QED) is 0.882. The van der Waals surface area contributed by atoms with Gasteiger partial charge in [-0.2, -0.15) is 0 Å². The molecule has 0 unspecified atom stereocenters. The molecule has 2 aromatic rings. The van der Waals surface area contributed by atoms with Crippen LogP contribution in [0.4, 0.5) is 0 Å². The summed E-state index contributed by atoms with van der Waals surface area (Å²) in [4.78, 5) is 16.8. The minimum atomic E-state index is -0.114. The molecule has 1 aliphatic heterocycles. The molecule has 2 heterocycles. The van der Waals surface area contributed by atoms with Crippen molar-refractivity contribution in [1.29, 1.82) is 0 Å². The maximum Gasteiger partial charge on any atom is 0.251 e. The van der Waals surface area contributed by atoms with Crippen molar-refractivity contribution in [2.75, 3.05) is 13.2 Å². The molecule has 24 heavy (non-hydrogen) atoms. The zero-order chi connectivity index (χ0) is 16.8. The van der Waals surface area contributed by atoms with Crippen molar-refractivity contribution in [2.24, 2.45) is 0 Å². The standard InChI is InChI=1S/C19H22N2O3/c1-2-3-6-16(15-5-4-9-20-13-15)21-19(22)14-7-8-17-18(12-14)24-11-10-23-17/h4-5,7-9,12-13,16H,2-3,6,10-11H2,1H3,(H,21,22)/t16-/m0/s1. The molecule has 0 aliphatic carbocycles. The largest absolute Gasteiger partial charge is 0.486 e. The summed E-state index contributed by atoms with van der Waals surface area (Å²) in [5.74, 6) is 1.20. The second-order valence-corrected chi connectivity index (χ2v) is 5.81. The summed E-state index contributed by atoms with van der Waals surface area (Å²) >= 11 is 0. The Bertz CT molecular complexity index is 688. The molecule has 1 amide bonds. The first-order valence-electron chi connectivity index (χ1n) is 8.38. The van der Waals surface area contributed by atoms with Crippen LogP contribution in [0.1, 0.15) is 48.1 Å². The molecule has 5 heteroatoms. The Hall–Kier alpha value is -2.56. The molecule has 0 saturated heterocycles. The van der Waals surface area contributed by atoms with Gasteiger partial charge >= 0.3 is 0 Å². The third-order valence-electron chi connectivity index (χ3n) is 4.04. The van der Waals surface area contributed by atoms with E-state index in [-0.39, 0.29) is 11.9 Å². The van der Waals surface area contributed by atoms with Gasteiger partial charge in [-0.3, -0.25) is 9.78 Å². The summed E-state index contributed by atoms with van der Waals surface area (Å²) in [6, 6.07) is 9.14. The van der Waals surface area contributed by atoms with Crippen molar-refractivity contribution >= 4 is 5.91 Å². The number of fused-ring (bicyclic) bond motifs is 1. The Labute approximate surface area is 142 Å². The van der Waals surface area contributed by atoms with Gasteiger partial charge in [-0.05, 0) is 36.2 Å². The number of pyridine rings is 1. The van der Waals surface area contributed by atoms with Gasteiger partial charge in [0.2, 0.25) is 0 Å². The molecule has 1 aliphatic rings. The van der Waals surface area contributed by atoms with Crippen LogP contribution < -0.4 is 14.8 Å². The number of carbonyl (C=O) groups excluding carboxylic acids is 1. The van der Waals surface area contributed by atoms with Crippen LogP contribution in [0.2, 0.25) is 0 Å². The average molecular weight is 326 g/mol. The number of hydrogen-bond acceptors (Lipinski definition) is 4. The van der Waals surface area contributed by atoms with E-state index in [1.165, 1.54) is 0 Å². The van der Waals surface area contributed by atoms with Crippen LogP contribution in [0.15, 0.2) is 42.7 Å². The van der Waals surface area contributed by atoms with Crippen LogP contribution in [0, 0.1) is 0 Å². The molecule has 1 atom stereocenters. The Kier molecular flexibility index (Phi) is 5.31. The van der Waals surface area contributed by atoms with Gasteiger partial charge in [-0.1, -0.05) is 25.8 Å². The number of benzene rings is 1. The Morgan fingerprint density at radius 3 is 2.83 bits per heavy atom. The summed E-state index contributed by atoms with van der Waals surface area (Å²) in [5.41, 5.74) is 1.60. The molecule has 3 rings (SSSR count). The number of aromatic nitrogens is 1. The third kappa shape index (κ3) is 3.85. The lowest BCUT2D eigenvalue weighted by molar-refractivity contribution is 0.0932. The molecule has 0 radical (unpaired) electrons. The summed E-state index contributed by atoms with van der Waals surface area (Å²) in [6.45, 7) is 3.19. The van der Waals surface area contributed by atoms with E-state index in [2.05, 4.69) is 17.2 Å². The van der Waals surface area contributed by atoms with E-state index in [1.54, 1.807) is 24.4 Å². The van der Waals surface area contributed by atoms with Gasteiger partial charge < -0.3 is 14.8 Å². The van der Waals surface area contributed by atoms with Gasteiger partial charge in [-0.25, -0.2) is 0 Å². The molecule has 1 aromatic heterocycles. The van der Waals surface area contributed by atoms with Crippen molar-refractivity contribution in [3.63, 3.8) is 0 Å². The number of rotatable bonds is 6. The number of amides is 1. The molecule has 0 bridgehead atoms. The molecular weight excluding hydrogens is 304 g/mol. The second-order valence-electron chi connectivity index (χ2n) is 5.81. The zero-order valence-electron chi connectivity index (χ0n) is 13.8. The van der Waals surface area contributed by atoms with E-state index >= 15 is 0 Å².